The lowest BCUT2D eigenvalue weighted by Gasteiger charge is -2.05. The molecule has 0 bridgehead atoms. The van der Waals surface area contributed by atoms with Crippen LogP contribution >= 0.6 is 11.8 Å². The van der Waals surface area contributed by atoms with Gasteiger partial charge in [0.15, 0.2) is 5.16 Å². The average Bonchev–Trinajstić information content (AvgIpc) is 3.02. The molecule has 6 nitrogen and oxygen atoms in total. The van der Waals surface area contributed by atoms with Gasteiger partial charge in [0.2, 0.25) is 5.91 Å². The number of thioether (sulfide) groups is 1. The lowest BCUT2D eigenvalue weighted by Crippen LogP contribution is -2.15. The summed E-state index contributed by atoms with van der Waals surface area (Å²) in [5.74, 6) is 0.249. The molecule has 0 fully saturated rings. The van der Waals surface area contributed by atoms with E-state index in [9.17, 15) is 4.79 Å². The molecule has 0 spiro atoms. The monoisotopic (exact) mass is 315 g/mol. The molecule has 0 atom stereocenters. The lowest BCUT2D eigenvalue weighted by molar-refractivity contribution is -0.113. The number of carbonyl (C=O) groups excluding carboxylic acids is 1. The Hall–Kier alpha value is -2.28. The van der Waals surface area contributed by atoms with Crippen molar-refractivity contribution in [1.29, 1.82) is 0 Å². The Labute approximate surface area is 132 Å². The van der Waals surface area contributed by atoms with Gasteiger partial charge in [-0.05, 0) is 26.0 Å². The quantitative estimate of drug-likeness (QED) is 0.751. The molecular weight excluding hydrogens is 298 g/mol. The van der Waals surface area contributed by atoms with Crippen LogP contribution in [-0.2, 0) is 11.8 Å². The molecule has 0 aromatic carbocycles. The van der Waals surface area contributed by atoms with E-state index in [1.165, 1.54) is 11.8 Å². The summed E-state index contributed by atoms with van der Waals surface area (Å²) < 4.78 is 3.73. The van der Waals surface area contributed by atoms with Crippen molar-refractivity contribution in [3.8, 4) is 0 Å². The van der Waals surface area contributed by atoms with Crippen LogP contribution in [0.1, 0.15) is 11.4 Å². The van der Waals surface area contributed by atoms with Gasteiger partial charge in [0, 0.05) is 13.2 Å². The normalized spacial score (nSPS) is 11.0. The molecule has 1 N–H and O–H groups in total. The van der Waals surface area contributed by atoms with Crippen LogP contribution in [0.15, 0.2) is 35.7 Å². The summed E-state index contributed by atoms with van der Waals surface area (Å²) in [7, 11) is 1.86. The molecule has 0 aliphatic rings. The number of pyridine rings is 1. The first-order chi connectivity index (χ1) is 10.6. The second kappa shape index (κ2) is 5.84. The van der Waals surface area contributed by atoms with Gasteiger partial charge in [0.25, 0.3) is 0 Å². The molecule has 3 aromatic heterocycles. The highest BCUT2D eigenvalue weighted by molar-refractivity contribution is 7.99. The van der Waals surface area contributed by atoms with Crippen molar-refractivity contribution in [3.05, 3.63) is 42.0 Å². The fourth-order valence-electron chi connectivity index (χ4n) is 2.29. The third-order valence-electron chi connectivity index (χ3n) is 3.51. The van der Waals surface area contributed by atoms with Gasteiger partial charge in [-0.1, -0.05) is 17.8 Å². The average molecular weight is 315 g/mol. The first kappa shape index (κ1) is 14.6. The number of carbonyl (C=O) groups is 1. The molecule has 22 heavy (non-hydrogen) atoms. The van der Waals surface area contributed by atoms with Gasteiger partial charge in [-0.15, -0.1) is 0 Å². The van der Waals surface area contributed by atoms with Crippen molar-refractivity contribution >= 4 is 28.9 Å². The molecule has 114 valence electrons. The Bertz CT molecular complexity index is 836. The minimum Gasteiger partial charge on any atom is -0.322 e. The number of amides is 1. The first-order valence-electron chi connectivity index (χ1n) is 6.91. The van der Waals surface area contributed by atoms with E-state index in [2.05, 4.69) is 15.4 Å². The van der Waals surface area contributed by atoms with E-state index in [4.69, 9.17) is 0 Å². The van der Waals surface area contributed by atoms with Crippen molar-refractivity contribution in [3.63, 3.8) is 0 Å². The largest absolute Gasteiger partial charge is 0.322 e. The van der Waals surface area contributed by atoms with Gasteiger partial charge < -0.3 is 5.32 Å². The maximum Gasteiger partial charge on any atom is 0.234 e. The zero-order chi connectivity index (χ0) is 15.7. The van der Waals surface area contributed by atoms with Crippen molar-refractivity contribution in [2.45, 2.75) is 19.0 Å². The second-order valence-corrected chi connectivity index (χ2v) is 5.99. The van der Waals surface area contributed by atoms with Gasteiger partial charge in [-0.25, -0.2) is 4.98 Å². The number of nitrogens with zero attached hydrogens (tertiary/aromatic N) is 4. The second-order valence-electron chi connectivity index (χ2n) is 5.04. The maximum absolute atomic E-state index is 12.2. The summed E-state index contributed by atoms with van der Waals surface area (Å²) in [6.45, 7) is 3.82. The lowest BCUT2D eigenvalue weighted by atomic mass is 10.3. The first-order valence-corrected chi connectivity index (χ1v) is 7.90. The molecule has 0 radical (unpaired) electrons. The van der Waals surface area contributed by atoms with Crippen LogP contribution in [0.4, 0.5) is 5.69 Å². The number of hydrogen-bond acceptors (Lipinski definition) is 4. The van der Waals surface area contributed by atoms with E-state index in [-0.39, 0.29) is 5.91 Å². The van der Waals surface area contributed by atoms with E-state index in [1.807, 2.05) is 49.7 Å². The number of anilines is 1. The Morgan fingerprint density at radius 2 is 2.18 bits per heavy atom. The molecule has 3 heterocycles. The van der Waals surface area contributed by atoms with Crippen LogP contribution < -0.4 is 5.32 Å². The molecule has 3 aromatic rings. The van der Waals surface area contributed by atoms with Crippen LogP contribution in [0.2, 0.25) is 0 Å². The summed E-state index contributed by atoms with van der Waals surface area (Å²) in [5.41, 5.74) is 3.58. The van der Waals surface area contributed by atoms with Crippen molar-refractivity contribution in [1.82, 2.24) is 19.2 Å². The van der Waals surface area contributed by atoms with Gasteiger partial charge >= 0.3 is 0 Å². The van der Waals surface area contributed by atoms with E-state index in [0.29, 0.717) is 5.75 Å². The molecule has 0 aliphatic carbocycles. The summed E-state index contributed by atoms with van der Waals surface area (Å²) in [6.07, 6.45) is 3.74. The van der Waals surface area contributed by atoms with Gasteiger partial charge in [-0.3, -0.25) is 13.9 Å². The number of aryl methyl sites for hydroxylation is 2. The SMILES string of the molecule is Cc1nn(C)c(C)c1NC(=O)CSc1ncc2ccccn12. The van der Waals surface area contributed by atoms with Crippen LogP contribution in [-0.4, -0.2) is 30.8 Å². The molecule has 1 amide bonds. The minimum absolute atomic E-state index is 0.0584. The van der Waals surface area contributed by atoms with E-state index < -0.39 is 0 Å². The highest BCUT2D eigenvalue weighted by Crippen LogP contribution is 2.21. The van der Waals surface area contributed by atoms with E-state index in [1.54, 1.807) is 10.9 Å². The molecule has 0 unspecified atom stereocenters. The highest BCUT2D eigenvalue weighted by Gasteiger charge is 2.13. The fourth-order valence-corrected chi connectivity index (χ4v) is 3.05. The van der Waals surface area contributed by atoms with Crippen LogP contribution in [0.25, 0.3) is 5.52 Å². The van der Waals surface area contributed by atoms with E-state index in [0.717, 1.165) is 27.7 Å². The standard InChI is InChI=1S/C15H17N5OS/c1-10-14(11(2)19(3)18-10)17-13(21)9-22-15-16-8-12-6-4-5-7-20(12)15/h4-8H,9H2,1-3H3,(H,17,21). The molecule has 0 aliphatic heterocycles. The Morgan fingerprint density at radius 3 is 2.91 bits per heavy atom. The molecule has 0 saturated heterocycles. The number of rotatable bonds is 4. The minimum atomic E-state index is -0.0584. The van der Waals surface area contributed by atoms with Crippen LogP contribution in [0, 0.1) is 13.8 Å². The topological polar surface area (TPSA) is 64.2 Å². The Kier molecular flexibility index (Phi) is 3.89. The number of aromatic nitrogens is 4. The van der Waals surface area contributed by atoms with Gasteiger partial charge in [-0.2, -0.15) is 5.10 Å². The summed E-state index contributed by atoms with van der Waals surface area (Å²) >= 11 is 1.42. The highest BCUT2D eigenvalue weighted by atomic mass is 32.2. The maximum atomic E-state index is 12.2. The summed E-state index contributed by atoms with van der Waals surface area (Å²) in [4.78, 5) is 16.5. The number of imidazole rings is 1. The predicted molar refractivity (Wildman–Crippen MR) is 87.2 cm³/mol. The smallest absolute Gasteiger partial charge is 0.234 e. The number of hydrogen-bond donors (Lipinski definition) is 1. The third-order valence-corrected chi connectivity index (χ3v) is 4.48. The predicted octanol–water partition coefficient (Wildman–Crippen LogP) is 2.42. The van der Waals surface area contributed by atoms with Crippen molar-refractivity contribution < 1.29 is 4.79 Å². The van der Waals surface area contributed by atoms with Crippen LogP contribution in [0.5, 0.6) is 0 Å². The molecule has 7 heteroatoms. The zero-order valence-electron chi connectivity index (χ0n) is 12.7. The van der Waals surface area contributed by atoms with Gasteiger partial charge in [0.1, 0.15) is 0 Å². The fraction of sp³-hybridized carbons (Fsp3) is 0.267. The van der Waals surface area contributed by atoms with Gasteiger partial charge in [0.05, 0.1) is 34.5 Å². The van der Waals surface area contributed by atoms with Crippen molar-refractivity contribution in [2.75, 3.05) is 11.1 Å². The number of fused-ring (bicyclic) bond motifs is 1. The number of nitrogens with one attached hydrogen (secondary N) is 1. The molecular formula is C15H17N5OS. The summed E-state index contributed by atoms with van der Waals surface area (Å²) in [5, 5.41) is 8.03. The Balaban J connectivity index is 1.68. The Morgan fingerprint density at radius 1 is 1.36 bits per heavy atom. The zero-order valence-corrected chi connectivity index (χ0v) is 13.5. The van der Waals surface area contributed by atoms with Crippen molar-refractivity contribution in [2.24, 2.45) is 7.05 Å². The third kappa shape index (κ3) is 2.71. The van der Waals surface area contributed by atoms with Crippen LogP contribution in [0.3, 0.4) is 0 Å². The molecule has 3 rings (SSSR count). The molecule has 0 saturated carbocycles. The van der Waals surface area contributed by atoms with E-state index >= 15 is 0 Å². The summed E-state index contributed by atoms with van der Waals surface area (Å²) in [6, 6.07) is 5.90.